The third-order valence-electron chi connectivity index (χ3n) is 5.67. The average Bonchev–Trinajstić information content (AvgIpc) is 3.33. The molecule has 1 N–H and O–H groups in total. The Morgan fingerprint density at radius 2 is 1.69 bits per heavy atom. The molecule has 0 saturated carbocycles. The van der Waals surface area contributed by atoms with Gasteiger partial charge in [-0.05, 0) is 48.2 Å². The molecule has 0 atom stereocenters. The minimum absolute atomic E-state index is 0.00236. The van der Waals surface area contributed by atoms with E-state index in [2.05, 4.69) is 22.4 Å². The molecular weight excluding hydrogens is 474 g/mol. The lowest BCUT2D eigenvalue weighted by Gasteiger charge is -2.11. The Labute approximate surface area is 213 Å². The lowest BCUT2D eigenvalue weighted by Crippen LogP contribution is -2.24. The molecule has 0 radical (unpaired) electrons. The Balaban J connectivity index is 1.52. The van der Waals surface area contributed by atoms with Gasteiger partial charge in [-0.2, -0.15) is 0 Å². The molecule has 3 aromatic carbocycles. The van der Waals surface area contributed by atoms with Gasteiger partial charge in [-0.3, -0.25) is 19.5 Å². The fourth-order valence-electron chi connectivity index (χ4n) is 3.68. The summed E-state index contributed by atoms with van der Waals surface area (Å²) in [5.41, 5.74) is 3.62. The van der Waals surface area contributed by atoms with Crippen molar-refractivity contribution in [2.45, 2.75) is 43.6 Å². The lowest BCUT2D eigenvalue weighted by molar-refractivity contribution is -0.384. The summed E-state index contributed by atoms with van der Waals surface area (Å²) in [5, 5.41) is 23.3. The summed E-state index contributed by atoms with van der Waals surface area (Å²) in [6, 6.07) is 23.9. The van der Waals surface area contributed by atoms with Crippen LogP contribution in [0.5, 0.6) is 0 Å². The Hall–Kier alpha value is -3.98. The van der Waals surface area contributed by atoms with Gasteiger partial charge in [0, 0.05) is 29.1 Å². The Morgan fingerprint density at radius 3 is 2.36 bits per heavy atom. The van der Waals surface area contributed by atoms with E-state index in [-0.39, 0.29) is 18.1 Å². The number of unbranched alkanes of at least 4 members (excludes halogenated alkanes) is 1. The van der Waals surface area contributed by atoms with Crippen molar-refractivity contribution in [2.24, 2.45) is 0 Å². The van der Waals surface area contributed by atoms with Crippen LogP contribution in [0, 0.1) is 10.1 Å². The quantitative estimate of drug-likeness (QED) is 0.160. The molecule has 4 rings (SSSR count). The normalized spacial score (nSPS) is 10.8. The van der Waals surface area contributed by atoms with Gasteiger partial charge in [0.05, 0.1) is 11.5 Å². The van der Waals surface area contributed by atoms with Gasteiger partial charge in [0.15, 0.2) is 11.0 Å². The Morgan fingerprint density at radius 1 is 0.972 bits per heavy atom. The van der Waals surface area contributed by atoms with E-state index >= 15 is 0 Å². The molecule has 9 heteroatoms. The number of hydrogen-bond donors (Lipinski definition) is 1. The fourth-order valence-corrected chi connectivity index (χ4v) is 4.60. The summed E-state index contributed by atoms with van der Waals surface area (Å²) in [4.78, 5) is 23.4. The lowest BCUT2D eigenvalue weighted by atomic mass is 10.1. The monoisotopic (exact) mass is 501 g/mol. The first-order valence-corrected chi connectivity index (χ1v) is 12.8. The molecule has 0 aliphatic heterocycles. The highest BCUT2D eigenvalue weighted by molar-refractivity contribution is 7.98. The standard InChI is InChI=1S/C27H27N5O3S/c1-2-3-7-20-10-12-22(13-11-20)26(33)28-18-25-29-30-27(36-19-21-8-5-4-6-9-21)31(25)23-14-16-24(17-15-23)32(34)35/h4-6,8-17H,2-3,7,18-19H2,1H3,(H,28,33). The molecule has 4 aromatic rings. The number of nitrogens with zero attached hydrogens (tertiary/aromatic N) is 4. The van der Waals surface area contributed by atoms with Gasteiger partial charge >= 0.3 is 0 Å². The fraction of sp³-hybridized carbons (Fsp3) is 0.222. The number of amides is 1. The number of aromatic nitrogens is 3. The molecular formula is C27H27N5O3S. The average molecular weight is 502 g/mol. The van der Waals surface area contributed by atoms with E-state index < -0.39 is 4.92 Å². The van der Waals surface area contributed by atoms with Crippen LogP contribution in [-0.2, 0) is 18.7 Å². The topological polar surface area (TPSA) is 103 Å². The maximum Gasteiger partial charge on any atom is 0.269 e. The van der Waals surface area contributed by atoms with Gasteiger partial charge in [-0.15, -0.1) is 10.2 Å². The number of nitro benzene ring substituents is 1. The molecule has 0 saturated heterocycles. The Kier molecular flexibility index (Phi) is 8.46. The third-order valence-corrected chi connectivity index (χ3v) is 6.67. The van der Waals surface area contributed by atoms with Gasteiger partial charge in [0.2, 0.25) is 0 Å². The van der Waals surface area contributed by atoms with Crippen molar-refractivity contribution < 1.29 is 9.72 Å². The maximum absolute atomic E-state index is 12.8. The summed E-state index contributed by atoms with van der Waals surface area (Å²) in [6.45, 7) is 2.31. The molecule has 0 aliphatic rings. The van der Waals surface area contributed by atoms with E-state index in [0.29, 0.717) is 28.0 Å². The van der Waals surface area contributed by atoms with Crippen LogP contribution in [0.3, 0.4) is 0 Å². The van der Waals surface area contributed by atoms with Crippen molar-refractivity contribution in [3.63, 3.8) is 0 Å². The van der Waals surface area contributed by atoms with Crippen LogP contribution in [0.2, 0.25) is 0 Å². The van der Waals surface area contributed by atoms with Gasteiger partial charge in [-0.1, -0.05) is 67.6 Å². The molecule has 1 aromatic heterocycles. The van der Waals surface area contributed by atoms with Crippen molar-refractivity contribution in [1.29, 1.82) is 0 Å². The molecule has 0 bridgehead atoms. The minimum Gasteiger partial charge on any atom is -0.345 e. The first kappa shape index (κ1) is 25.1. The van der Waals surface area contributed by atoms with Crippen LogP contribution in [0.4, 0.5) is 5.69 Å². The van der Waals surface area contributed by atoms with E-state index in [1.165, 1.54) is 29.5 Å². The highest BCUT2D eigenvalue weighted by Gasteiger charge is 2.17. The molecule has 0 spiro atoms. The van der Waals surface area contributed by atoms with Crippen LogP contribution in [0.1, 0.15) is 47.1 Å². The number of nitrogens with one attached hydrogen (secondary N) is 1. The van der Waals surface area contributed by atoms with Crippen LogP contribution < -0.4 is 5.32 Å². The number of benzene rings is 3. The third kappa shape index (κ3) is 6.37. The second kappa shape index (κ2) is 12.1. The van der Waals surface area contributed by atoms with Gasteiger partial charge < -0.3 is 5.32 Å². The summed E-state index contributed by atoms with van der Waals surface area (Å²) < 4.78 is 1.82. The van der Waals surface area contributed by atoms with E-state index in [9.17, 15) is 14.9 Å². The molecule has 0 fully saturated rings. The van der Waals surface area contributed by atoms with Crippen LogP contribution in [-0.4, -0.2) is 25.6 Å². The molecule has 8 nitrogen and oxygen atoms in total. The molecule has 1 amide bonds. The van der Waals surface area contributed by atoms with Crippen LogP contribution in [0.25, 0.3) is 5.69 Å². The molecule has 36 heavy (non-hydrogen) atoms. The number of thioether (sulfide) groups is 1. The van der Waals surface area contributed by atoms with Crippen molar-refractivity contribution in [3.8, 4) is 5.69 Å². The number of hydrogen-bond acceptors (Lipinski definition) is 6. The highest BCUT2D eigenvalue weighted by Crippen LogP contribution is 2.26. The van der Waals surface area contributed by atoms with Crippen LogP contribution in [0.15, 0.2) is 84.0 Å². The van der Waals surface area contributed by atoms with E-state index in [1.807, 2.05) is 59.2 Å². The van der Waals surface area contributed by atoms with Gasteiger partial charge in [0.25, 0.3) is 11.6 Å². The predicted octanol–water partition coefficient (Wildman–Crippen LogP) is 5.74. The van der Waals surface area contributed by atoms with Gasteiger partial charge in [-0.25, -0.2) is 0 Å². The molecule has 1 heterocycles. The summed E-state index contributed by atoms with van der Waals surface area (Å²) in [5.74, 6) is 1.02. The molecule has 0 unspecified atom stereocenters. The largest absolute Gasteiger partial charge is 0.345 e. The summed E-state index contributed by atoms with van der Waals surface area (Å²) in [6.07, 6.45) is 3.25. The number of carbonyl (C=O) groups is 1. The Bertz CT molecular complexity index is 1310. The number of aryl methyl sites for hydroxylation is 1. The first-order chi connectivity index (χ1) is 17.5. The van der Waals surface area contributed by atoms with E-state index in [1.54, 1.807) is 12.1 Å². The zero-order valence-corrected chi connectivity index (χ0v) is 20.8. The van der Waals surface area contributed by atoms with Crippen molar-refractivity contribution in [1.82, 2.24) is 20.1 Å². The van der Waals surface area contributed by atoms with E-state index in [4.69, 9.17) is 0 Å². The second-order valence-corrected chi connectivity index (χ2v) is 9.21. The minimum atomic E-state index is -0.435. The van der Waals surface area contributed by atoms with Gasteiger partial charge in [0.1, 0.15) is 0 Å². The highest BCUT2D eigenvalue weighted by atomic mass is 32.2. The summed E-state index contributed by atoms with van der Waals surface area (Å²) >= 11 is 1.51. The zero-order chi connectivity index (χ0) is 25.3. The van der Waals surface area contributed by atoms with Crippen LogP contribution >= 0.6 is 11.8 Å². The second-order valence-electron chi connectivity index (χ2n) is 8.27. The number of carbonyl (C=O) groups excluding carboxylic acids is 1. The number of non-ortho nitro benzene ring substituents is 1. The SMILES string of the molecule is CCCCc1ccc(C(=O)NCc2nnc(SCc3ccccc3)n2-c2ccc([N+](=O)[O-])cc2)cc1. The summed E-state index contributed by atoms with van der Waals surface area (Å²) in [7, 11) is 0. The first-order valence-electron chi connectivity index (χ1n) is 11.8. The van der Waals surface area contributed by atoms with E-state index in [0.717, 1.165) is 24.8 Å². The van der Waals surface area contributed by atoms with Crippen molar-refractivity contribution in [2.75, 3.05) is 0 Å². The predicted molar refractivity (Wildman–Crippen MR) is 140 cm³/mol. The number of nitro groups is 1. The molecule has 184 valence electrons. The maximum atomic E-state index is 12.8. The number of rotatable bonds is 11. The van der Waals surface area contributed by atoms with Crippen molar-refractivity contribution >= 4 is 23.4 Å². The zero-order valence-electron chi connectivity index (χ0n) is 20.0. The van der Waals surface area contributed by atoms with Crippen molar-refractivity contribution in [3.05, 3.63) is 111 Å². The smallest absolute Gasteiger partial charge is 0.269 e. The molecule has 0 aliphatic carbocycles.